The number of aliphatic carboxylic acids is 2. The van der Waals surface area contributed by atoms with E-state index in [9.17, 15) is 45.7 Å². The molecule has 15 heteroatoms. The molecule has 0 saturated heterocycles. The topological polar surface area (TPSA) is 192 Å². The SMILES string of the molecule is CCCCCCCCC(C(=O)[O-])C(CCCCCCCC)(C(=O)[O-])S(=O)(=O)O.CCCCCCCCCCCCc1ccccc1S(=O)(=O)[O-].[Na+].[Na+].[Na+]. The molecule has 53 heavy (non-hydrogen) atoms. The van der Waals surface area contributed by atoms with Crippen molar-refractivity contribution in [3.05, 3.63) is 29.8 Å². The standard InChI is InChI=1S/C20H38O7S.C18H30O3S.3Na/c1-3-5-7-9-11-13-15-17(18(21)22)20(19(23)24,28(25,26)27)16-14-12-10-8-6-4-2;1-2-3-4-5-6-7-8-9-10-11-14-17-15-12-13-16-18(17)22(19,20)21;;;/h17H,3-16H2,1-2H3,(H,21,22)(H,23,24)(H,25,26,27);12-13,15-16H,2-11,14H2,1H3,(H,19,20,21);;;/q;;3*+1/p-3. The molecule has 1 aromatic rings. The van der Waals surface area contributed by atoms with Gasteiger partial charge in [0.1, 0.15) is 14.9 Å². The number of carbonyl (C=O) groups is 2. The molecule has 0 aromatic heterocycles. The fourth-order valence-corrected chi connectivity index (χ4v) is 8.35. The first kappa shape index (κ1) is 60.7. The van der Waals surface area contributed by atoms with E-state index in [0.29, 0.717) is 31.2 Å². The van der Waals surface area contributed by atoms with Crippen LogP contribution < -0.4 is 98.9 Å². The third kappa shape index (κ3) is 26.6. The van der Waals surface area contributed by atoms with Crippen molar-refractivity contribution in [1.29, 1.82) is 0 Å². The molecule has 0 aliphatic carbocycles. The van der Waals surface area contributed by atoms with E-state index in [0.717, 1.165) is 64.2 Å². The fourth-order valence-electron chi connectivity index (χ4n) is 6.43. The molecule has 2 atom stereocenters. The average molecular weight is 815 g/mol. The first-order valence-corrected chi connectivity index (χ1v) is 22.0. The quantitative estimate of drug-likeness (QED) is 0.0532. The van der Waals surface area contributed by atoms with Crippen LogP contribution in [0.5, 0.6) is 0 Å². The van der Waals surface area contributed by atoms with E-state index in [1.807, 2.05) is 6.92 Å². The number of hydrogen-bond donors (Lipinski definition) is 1. The molecule has 0 aliphatic rings. The van der Waals surface area contributed by atoms with Crippen molar-refractivity contribution in [1.82, 2.24) is 0 Å². The average Bonchev–Trinajstić information content (AvgIpc) is 3.04. The molecule has 0 aliphatic heterocycles. The second-order valence-electron chi connectivity index (χ2n) is 13.6. The summed E-state index contributed by atoms with van der Waals surface area (Å²) in [4.78, 5) is 23.4. The monoisotopic (exact) mass is 814 g/mol. The Labute approximate surface area is 389 Å². The van der Waals surface area contributed by atoms with Crippen molar-refractivity contribution in [2.75, 3.05) is 0 Å². The number of benzene rings is 1. The minimum absolute atomic E-state index is 0. The molecule has 1 N–H and O–H groups in total. The summed E-state index contributed by atoms with van der Waals surface area (Å²) in [5, 5.41) is 23.5. The van der Waals surface area contributed by atoms with Gasteiger partial charge in [0, 0.05) is 11.9 Å². The summed E-state index contributed by atoms with van der Waals surface area (Å²) in [6.07, 6.45) is 21.9. The molecule has 10 nitrogen and oxygen atoms in total. The van der Waals surface area contributed by atoms with Crippen LogP contribution in [-0.4, -0.2) is 42.6 Å². The fraction of sp³-hybridized carbons (Fsp3) is 0.789. The minimum Gasteiger partial charge on any atom is -0.744 e. The number of rotatable bonds is 30. The van der Waals surface area contributed by atoms with E-state index in [-0.39, 0.29) is 106 Å². The van der Waals surface area contributed by atoms with Gasteiger partial charge in [-0.05, 0) is 37.3 Å². The van der Waals surface area contributed by atoms with Gasteiger partial charge < -0.3 is 24.4 Å². The molecule has 1 rings (SSSR count). The van der Waals surface area contributed by atoms with Gasteiger partial charge in [-0.2, -0.15) is 8.42 Å². The third-order valence-electron chi connectivity index (χ3n) is 9.44. The van der Waals surface area contributed by atoms with Gasteiger partial charge in [-0.15, -0.1) is 0 Å². The predicted octanol–water partition coefficient (Wildman–Crippen LogP) is -1.70. The van der Waals surface area contributed by atoms with Crippen molar-refractivity contribution >= 4 is 32.2 Å². The zero-order valence-corrected chi connectivity index (χ0v) is 41.6. The summed E-state index contributed by atoms with van der Waals surface area (Å²) in [7, 11) is -9.55. The number of carboxylic acid groups (broad SMARTS) is 2. The van der Waals surface area contributed by atoms with Crippen LogP contribution in [0.2, 0.25) is 0 Å². The van der Waals surface area contributed by atoms with Gasteiger partial charge in [0.05, 0.1) is 10.9 Å². The number of unbranched alkanes of at least 4 members (excludes halogenated alkanes) is 19. The normalized spacial score (nSPS) is 12.8. The van der Waals surface area contributed by atoms with Crippen molar-refractivity contribution in [3.63, 3.8) is 0 Å². The number of carboxylic acids is 2. The van der Waals surface area contributed by atoms with Crippen LogP contribution in [0, 0.1) is 5.92 Å². The maximum absolute atomic E-state index is 12.0. The molecule has 292 valence electrons. The molecule has 0 saturated carbocycles. The zero-order valence-electron chi connectivity index (χ0n) is 34.0. The molecule has 0 heterocycles. The predicted molar refractivity (Wildman–Crippen MR) is 194 cm³/mol. The van der Waals surface area contributed by atoms with Gasteiger partial charge >= 0.3 is 88.7 Å². The Kier molecular flexibility index (Phi) is 41.3. The second kappa shape index (κ2) is 36.1. The Balaban J connectivity index is -0.000000438. The maximum atomic E-state index is 12.0. The summed E-state index contributed by atoms with van der Waals surface area (Å²) in [6.45, 7) is 6.34. The summed E-state index contributed by atoms with van der Waals surface area (Å²) >= 11 is 0. The number of carbonyl (C=O) groups excluding carboxylic acids is 2. The Morgan fingerprint density at radius 2 is 1.00 bits per heavy atom. The second-order valence-corrected chi connectivity index (χ2v) is 16.6. The Bertz CT molecular complexity index is 1280. The van der Waals surface area contributed by atoms with Gasteiger partial charge in [-0.1, -0.05) is 174 Å². The minimum atomic E-state index is -5.20. The molecule has 0 fully saturated rings. The van der Waals surface area contributed by atoms with Crippen LogP contribution in [0.4, 0.5) is 0 Å². The Hall–Kier alpha value is 0.980. The molecular formula is C38H65Na3O10S2. The number of hydrogen-bond acceptors (Lipinski definition) is 9. The van der Waals surface area contributed by atoms with E-state index < -0.39 is 49.3 Å². The van der Waals surface area contributed by atoms with Gasteiger partial charge in [-0.3, -0.25) is 4.55 Å². The van der Waals surface area contributed by atoms with Crippen LogP contribution in [0.3, 0.4) is 0 Å². The Morgan fingerprint density at radius 3 is 1.38 bits per heavy atom. The van der Waals surface area contributed by atoms with E-state index in [1.54, 1.807) is 18.2 Å². The van der Waals surface area contributed by atoms with Crippen LogP contribution in [0.15, 0.2) is 29.2 Å². The van der Waals surface area contributed by atoms with Crippen molar-refractivity contribution < 1.29 is 134 Å². The summed E-state index contributed by atoms with van der Waals surface area (Å²) < 4.78 is 64.4. The van der Waals surface area contributed by atoms with Crippen LogP contribution in [-0.2, 0) is 36.2 Å². The molecule has 0 radical (unpaired) electrons. The molecule has 1 aromatic carbocycles. The Morgan fingerprint density at radius 1 is 0.623 bits per heavy atom. The van der Waals surface area contributed by atoms with Crippen LogP contribution in [0.25, 0.3) is 0 Å². The molecule has 2 unspecified atom stereocenters. The van der Waals surface area contributed by atoms with Crippen molar-refractivity contribution in [2.24, 2.45) is 5.92 Å². The first-order chi connectivity index (χ1) is 23.7. The first-order valence-electron chi connectivity index (χ1n) is 19.1. The van der Waals surface area contributed by atoms with Crippen molar-refractivity contribution in [2.45, 2.75) is 191 Å². The largest absolute Gasteiger partial charge is 1.00 e. The summed E-state index contributed by atoms with van der Waals surface area (Å²) in [5.41, 5.74) is 0.664. The maximum Gasteiger partial charge on any atom is 1.00 e. The van der Waals surface area contributed by atoms with Gasteiger partial charge in [0.15, 0.2) is 0 Å². The van der Waals surface area contributed by atoms with Gasteiger partial charge in [0.2, 0.25) is 0 Å². The van der Waals surface area contributed by atoms with E-state index in [2.05, 4.69) is 13.8 Å². The smallest absolute Gasteiger partial charge is 0.744 e. The summed E-state index contributed by atoms with van der Waals surface area (Å²) in [6, 6.07) is 6.56. The van der Waals surface area contributed by atoms with Crippen molar-refractivity contribution in [3.8, 4) is 0 Å². The van der Waals surface area contributed by atoms with Gasteiger partial charge in [0.25, 0.3) is 10.1 Å². The number of aryl methyl sites for hydroxylation is 1. The zero-order chi connectivity index (χ0) is 37.9. The molecule has 0 amide bonds. The molecule has 0 spiro atoms. The van der Waals surface area contributed by atoms with E-state index in [1.165, 1.54) is 57.4 Å². The van der Waals surface area contributed by atoms with Crippen LogP contribution >= 0.6 is 0 Å². The molecule has 0 bridgehead atoms. The van der Waals surface area contributed by atoms with E-state index in [4.69, 9.17) is 0 Å². The molecular weight excluding hydrogens is 750 g/mol. The third-order valence-corrected chi connectivity index (χ3v) is 12.0. The van der Waals surface area contributed by atoms with E-state index >= 15 is 0 Å². The summed E-state index contributed by atoms with van der Waals surface area (Å²) in [5.74, 6) is -5.68. The van der Waals surface area contributed by atoms with Gasteiger partial charge in [-0.25, -0.2) is 8.42 Å². The van der Waals surface area contributed by atoms with Crippen LogP contribution in [0.1, 0.15) is 180 Å².